The van der Waals surface area contributed by atoms with E-state index in [-0.39, 0.29) is 53.2 Å². The van der Waals surface area contributed by atoms with Crippen LogP contribution in [0.15, 0.2) is 60.2 Å². The number of amides is 4. The SMILES string of the molecule is COc1cccc(O)c1C1C2=CCC3C(=O)N(C4CCN(Cc5ccccc5)CC4)C(=O)C3C2CC2(Cl)C(=O)N(CBr)C(=O)C12Cl. The molecule has 1 N–H and O–H groups in total. The molecule has 3 aliphatic heterocycles. The molecule has 5 aliphatic rings. The quantitative estimate of drug-likeness (QED) is 0.198. The number of benzene rings is 2. The molecule has 4 amide bonds. The van der Waals surface area contributed by atoms with E-state index in [0.29, 0.717) is 18.4 Å². The lowest BCUT2D eigenvalue weighted by molar-refractivity contribution is -0.144. The number of halogens is 3. The van der Waals surface area contributed by atoms with E-state index >= 15 is 0 Å². The number of allylic oxidation sites excluding steroid dienone is 2. The van der Waals surface area contributed by atoms with Gasteiger partial charge in [0, 0.05) is 37.2 Å². The summed E-state index contributed by atoms with van der Waals surface area (Å²) in [6.45, 7) is 2.32. The Morgan fingerprint density at radius 3 is 2.35 bits per heavy atom. The number of hydrogen-bond donors (Lipinski definition) is 1. The Morgan fingerprint density at radius 1 is 0.957 bits per heavy atom. The van der Waals surface area contributed by atoms with E-state index in [4.69, 9.17) is 27.9 Å². The minimum atomic E-state index is -2.02. The molecule has 4 fully saturated rings. The molecule has 0 radical (unpaired) electrons. The van der Waals surface area contributed by atoms with Crippen molar-refractivity contribution in [3.8, 4) is 11.5 Å². The van der Waals surface area contributed by atoms with Gasteiger partial charge in [0.15, 0.2) is 9.75 Å². The number of carbonyl (C=O) groups is 4. The number of imide groups is 2. The fraction of sp³-hybridized carbons (Fsp3) is 0.471. The minimum Gasteiger partial charge on any atom is -0.508 e. The maximum absolute atomic E-state index is 14.4. The third-order valence-electron chi connectivity index (χ3n) is 10.8. The number of phenolic OH excluding ortho intramolecular Hbond substituents is 1. The summed E-state index contributed by atoms with van der Waals surface area (Å²) >= 11 is 17.8. The zero-order chi connectivity index (χ0) is 32.5. The van der Waals surface area contributed by atoms with E-state index in [9.17, 15) is 24.3 Å². The van der Waals surface area contributed by atoms with Crippen LogP contribution < -0.4 is 4.74 Å². The molecule has 0 bridgehead atoms. The third-order valence-corrected chi connectivity index (χ3v) is 12.7. The second kappa shape index (κ2) is 11.6. The number of likely N-dealkylation sites (tertiary alicyclic amines) is 3. The first-order chi connectivity index (χ1) is 22.1. The van der Waals surface area contributed by atoms with Gasteiger partial charge >= 0.3 is 0 Å². The van der Waals surface area contributed by atoms with Crippen LogP contribution in [0.1, 0.15) is 42.7 Å². The van der Waals surface area contributed by atoms with Crippen LogP contribution in [0.5, 0.6) is 11.5 Å². The predicted octanol–water partition coefficient (Wildman–Crippen LogP) is 4.78. The first kappa shape index (κ1) is 31.7. The Hall–Kier alpha value is -2.92. The van der Waals surface area contributed by atoms with Crippen LogP contribution in [0, 0.1) is 17.8 Å². The highest BCUT2D eigenvalue weighted by Gasteiger charge is 2.76. The van der Waals surface area contributed by atoms with Gasteiger partial charge in [0.1, 0.15) is 11.5 Å². The average Bonchev–Trinajstić information content (AvgIpc) is 3.39. The summed E-state index contributed by atoms with van der Waals surface area (Å²) in [5.41, 5.74) is 1.93. The summed E-state index contributed by atoms with van der Waals surface area (Å²) in [7, 11) is 1.44. The van der Waals surface area contributed by atoms with E-state index in [1.54, 1.807) is 12.1 Å². The number of alkyl halides is 3. The number of phenols is 1. The van der Waals surface area contributed by atoms with Crippen molar-refractivity contribution in [1.29, 1.82) is 0 Å². The maximum Gasteiger partial charge on any atom is 0.254 e. The van der Waals surface area contributed by atoms with Crippen molar-refractivity contribution in [1.82, 2.24) is 14.7 Å². The van der Waals surface area contributed by atoms with Crippen molar-refractivity contribution in [2.75, 3.05) is 25.7 Å². The molecule has 3 heterocycles. The summed E-state index contributed by atoms with van der Waals surface area (Å²) in [5, 5.41) is 11.2. The second-order valence-electron chi connectivity index (χ2n) is 12.9. The molecule has 9 nitrogen and oxygen atoms in total. The summed E-state index contributed by atoms with van der Waals surface area (Å²) in [4.78, 5) is 57.1. The van der Waals surface area contributed by atoms with Gasteiger partial charge in [-0.05, 0) is 49.3 Å². The van der Waals surface area contributed by atoms with Crippen LogP contribution in [0.3, 0.4) is 0 Å². The molecule has 2 aromatic carbocycles. The lowest BCUT2D eigenvalue weighted by Gasteiger charge is -2.51. The van der Waals surface area contributed by atoms with E-state index in [0.717, 1.165) is 24.5 Å². The molecular weight excluding hydrogens is 697 g/mol. The summed E-state index contributed by atoms with van der Waals surface area (Å²) < 4.78 is 5.63. The van der Waals surface area contributed by atoms with Crippen molar-refractivity contribution in [3.63, 3.8) is 0 Å². The van der Waals surface area contributed by atoms with Gasteiger partial charge < -0.3 is 9.84 Å². The molecule has 1 saturated carbocycles. The van der Waals surface area contributed by atoms with Crippen molar-refractivity contribution in [3.05, 3.63) is 71.3 Å². The van der Waals surface area contributed by atoms with Crippen molar-refractivity contribution >= 4 is 62.8 Å². The molecule has 242 valence electrons. The number of carbonyl (C=O) groups excluding carboxylic acids is 4. The lowest BCUT2D eigenvalue weighted by Crippen LogP contribution is -2.60. The van der Waals surface area contributed by atoms with Crippen molar-refractivity contribution < 1.29 is 29.0 Å². The van der Waals surface area contributed by atoms with Crippen LogP contribution >= 0.6 is 39.1 Å². The van der Waals surface area contributed by atoms with Gasteiger partial charge in [-0.15, -0.1) is 23.2 Å². The molecule has 0 spiro atoms. The highest BCUT2D eigenvalue weighted by molar-refractivity contribution is 9.09. The minimum absolute atomic E-state index is 0.103. The molecule has 6 atom stereocenters. The van der Waals surface area contributed by atoms with E-state index in [1.807, 2.05) is 24.3 Å². The smallest absolute Gasteiger partial charge is 0.254 e. The van der Waals surface area contributed by atoms with Crippen LogP contribution in [0.4, 0.5) is 0 Å². The number of rotatable bonds is 6. The normalized spacial score (nSPS) is 33.2. The number of piperidine rings is 1. The summed E-state index contributed by atoms with van der Waals surface area (Å²) in [6.07, 6.45) is 3.37. The van der Waals surface area contributed by atoms with E-state index < -0.39 is 45.2 Å². The Morgan fingerprint density at radius 2 is 1.67 bits per heavy atom. The Bertz CT molecular complexity index is 1650. The number of aromatic hydroxyl groups is 1. The second-order valence-corrected chi connectivity index (χ2v) is 14.7. The Kier molecular flexibility index (Phi) is 8.02. The maximum atomic E-state index is 14.4. The molecular formula is C34H34BrCl2N3O6. The van der Waals surface area contributed by atoms with Crippen molar-refractivity contribution in [2.24, 2.45) is 17.8 Å². The molecule has 2 aliphatic carbocycles. The number of hydrogen-bond acceptors (Lipinski definition) is 7. The van der Waals surface area contributed by atoms with Crippen LogP contribution in [0.2, 0.25) is 0 Å². The third kappa shape index (κ3) is 4.43. The topological polar surface area (TPSA) is 107 Å². The standard InChI is InChI=1S/C34H34BrCl2N3O6/c1-46-25-9-5-8-24(41)27(25)28-21-10-11-22-26(23(21)16-33(36)31(44)39(18-35)32(45)34(28,33)37)30(43)40(29(22)42)20-12-14-38(15-13-20)17-19-6-3-2-4-7-19/h2-10,20,22-23,26,28,41H,11-18H2,1H3. The molecule has 0 aromatic heterocycles. The van der Waals surface area contributed by atoms with Gasteiger partial charge in [-0.2, -0.15) is 0 Å². The number of methoxy groups -OCH3 is 1. The predicted molar refractivity (Wildman–Crippen MR) is 175 cm³/mol. The fourth-order valence-electron chi connectivity index (χ4n) is 8.63. The van der Waals surface area contributed by atoms with Crippen LogP contribution in [-0.2, 0) is 25.7 Å². The number of ether oxygens (including phenoxy) is 1. The molecule has 3 saturated heterocycles. The molecule has 7 rings (SSSR count). The largest absolute Gasteiger partial charge is 0.508 e. The van der Waals surface area contributed by atoms with Crippen LogP contribution in [-0.4, -0.2) is 84.9 Å². The first-order valence-corrected chi connectivity index (χ1v) is 17.4. The lowest BCUT2D eigenvalue weighted by atomic mass is 9.56. The zero-order valence-electron chi connectivity index (χ0n) is 25.2. The van der Waals surface area contributed by atoms with Gasteiger partial charge in [-0.3, -0.25) is 33.9 Å². The van der Waals surface area contributed by atoms with Gasteiger partial charge in [0.2, 0.25) is 11.8 Å². The van der Waals surface area contributed by atoms with Gasteiger partial charge in [-0.25, -0.2) is 0 Å². The highest BCUT2D eigenvalue weighted by atomic mass is 79.9. The summed E-state index contributed by atoms with van der Waals surface area (Å²) in [5.74, 6) is -4.90. The Balaban J connectivity index is 1.24. The highest BCUT2D eigenvalue weighted by Crippen LogP contribution is 2.67. The number of nitrogens with zero attached hydrogens (tertiary/aromatic N) is 3. The fourth-order valence-corrected chi connectivity index (χ4v) is 10.0. The first-order valence-electron chi connectivity index (χ1n) is 15.6. The zero-order valence-corrected chi connectivity index (χ0v) is 28.3. The molecule has 12 heteroatoms. The Labute approximate surface area is 285 Å². The molecule has 6 unspecified atom stereocenters. The number of fused-ring (bicyclic) bond motifs is 4. The van der Waals surface area contributed by atoms with Crippen molar-refractivity contribution in [2.45, 2.75) is 53.9 Å². The average molecular weight is 731 g/mol. The van der Waals surface area contributed by atoms with Crippen LogP contribution in [0.25, 0.3) is 0 Å². The summed E-state index contributed by atoms with van der Waals surface area (Å²) in [6, 6.07) is 14.7. The monoisotopic (exact) mass is 729 g/mol. The molecule has 46 heavy (non-hydrogen) atoms. The van der Waals surface area contributed by atoms with Gasteiger partial charge in [0.05, 0.1) is 24.4 Å². The van der Waals surface area contributed by atoms with E-state index in [2.05, 4.69) is 33.0 Å². The van der Waals surface area contributed by atoms with Gasteiger partial charge in [-0.1, -0.05) is 64.0 Å². The van der Waals surface area contributed by atoms with E-state index in [1.165, 1.54) is 23.6 Å². The molecule has 2 aromatic rings. The van der Waals surface area contributed by atoms with Gasteiger partial charge in [0.25, 0.3) is 11.8 Å².